The zero-order valence-electron chi connectivity index (χ0n) is 11.4. The summed E-state index contributed by atoms with van der Waals surface area (Å²) in [6, 6.07) is 7.03. The molecule has 0 saturated carbocycles. The molecule has 23 heavy (non-hydrogen) atoms. The molecule has 122 valence electrons. The molecule has 0 fully saturated rings. The van der Waals surface area contributed by atoms with Crippen LogP contribution >= 0.6 is 0 Å². The molecule has 3 N–H and O–H groups in total. The van der Waals surface area contributed by atoms with Gasteiger partial charge in [0, 0.05) is 6.07 Å². The van der Waals surface area contributed by atoms with Crippen molar-refractivity contribution in [2.75, 3.05) is 0 Å². The molecular weight excluding hydrogens is 317 g/mol. The minimum absolute atomic E-state index is 0.0412. The van der Waals surface area contributed by atoms with Crippen LogP contribution in [0.4, 0.5) is 18.9 Å². The second-order valence-corrected chi connectivity index (χ2v) is 4.59. The van der Waals surface area contributed by atoms with E-state index in [4.69, 9.17) is 5.73 Å². The quantitative estimate of drug-likeness (QED) is 0.663. The van der Waals surface area contributed by atoms with E-state index in [-0.39, 0.29) is 17.0 Å². The topological polar surface area (TPSA) is 98.6 Å². The molecule has 6 nitrogen and oxygen atoms in total. The zero-order chi connectivity index (χ0) is 17.2. The van der Waals surface area contributed by atoms with Gasteiger partial charge in [-0.25, -0.2) is 0 Å². The monoisotopic (exact) mass is 328 g/mol. The highest BCUT2D eigenvalue weighted by Gasteiger charge is 2.31. The van der Waals surface area contributed by atoms with E-state index in [1.54, 1.807) is 0 Å². The summed E-state index contributed by atoms with van der Waals surface area (Å²) in [5.41, 5.74) is 5.99. The lowest BCUT2D eigenvalue weighted by Crippen LogP contribution is -2.17. The molecule has 0 aliphatic carbocycles. The fraction of sp³-hybridized carbons (Fsp3) is 0.143. The molecular formula is C14H11F3N2O4. The fourth-order valence-electron chi connectivity index (χ4n) is 2.01. The lowest BCUT2D eigenvalue weighted by atomic mass is 9.98. The summed E-state index contributed by atoms with van der Waals surface area (Å²) in [5, 5.41) is 20.5. The predicted octanol–water partition coefficient (Wildman–Crippen LogP) is 3.25. The van der Waals surface area contributed by atoms with Gasteiger partial charge in [0.25, 0.3) is 5.69 Å². The van der Waals surface area contributed by atoms with Crippen molar-refractivity contribution in [3.05, 3.63) is 63.7 Å². The van der Waals surface area contributed by atoms with E-state index < -0.39 is 23.1 Å². The number of aromatic hydroxyl groups is 1. The van der Waals surface area contributed by atoms with E-state index in [0.717, 1.165) is 30.3 Å². The van der Waals surface area contributed by atoms with Crippen LogP contribution in [0.25, 0.3) is 0 Å². The van der Waals surface area contributed by atoms with E-state index in [1.165, 1.54) is 12.1 Å². The molecule has 0 amide bonds. The van der Waals surface area contributed by atoms with Crippen molar-refractivity contribution in [1.82, 2.24) is 0 Å². The second kappa shape index (κ2) is 6.13. The molecule has 2 aromatic rings. The molecule has 9 heteroatoms. The average Bonchev–Trinajstić information content (AvgIpc) is 2.45. The third kappa shape index (κ3) is 4.10. The summed E-state index contributed by atoms with van der Waals surface area (Å²) in [5.74, 6) is -0.642. The summed E-state index contributed by atoms with van der Waals surface area (Å²) in [4.78, 5) is 10.3. The lowest BCUT2D eigenvalue weighted by Gasteiger charge is -2.14. The number of hydrogen-bond donors (Lipinski definition) is 2. The summed E-state index contributed by atoms with van der Waals surface area (Å²) in [7, 11) is 0. The summed E-state index contributed by atoms with van der Waals surface area (Å²) < 4.78 is 40.0. The largest absolute Gasteiger partial charge is 0.573 e. The summed E-state index contributed by atoms with van der Waals surface area (Å²) >= 11 is 0. The number of nitrogens with zero attached hydrogens (tertiary/aromatic N) is 1. The van der Waals surface area contributed by atoms with Crippen LogP contribution in [0, 0.1) is 10.1 Å². The fourth-order valence-corrected chi connectivity index (χ4v) is 2.01. The van der Waals surface area contributed by atoms with Crippen LogP contribution in [-0.4, -0.2) is 16.4 Å². The minimum Gasteiger partial charge on any atom is -0.508 e. The van der Waals surface area contributed by atoms with Gasteiger partial charge in [-0.3, -0.25) is 10.1 Å². The first-order valence-electron chi connectivity index (χ1n) is 6.26. The lowest BCUT2D eigenvalue weighted by molar-refractivity contribution is -0.385. The van der Waals surface area contributed by atoms with Crippen molar-refractivity contribution in [1.29, 1.82) is 0 Å². The Hall–Kier alpha value is -2.81. The molecule has 0 saturated heterocycles. The third-order valence-electron chi connectivity index (χ3n) is 3.02. The van der Waals surface area contributed by atoms with Crippen LogP contribution < -0.4 is 10.5 Å². The third-order valence-corrected chi connectivity index (χ3v) is 3.02. The molecule has 2 aromatic carbocycles. The van der Waals surface area contributed by atoms with E-state index in [1.807, 2.05) is 0 Å². The standard InChI is InChI=1S/C14H11F3N2O4/c15-14(16,17)23-10-4-1-8(2-5-10)13(18)11-7-9(20)3-6-12(11)19(21)22/h1-7,13,20H,18H2/t13-/m0/s1. The maximum Gasteiger partial charge on any atom is 0.573 e. The molecule has 0 heterocycles. The predicted molar refractivity (Wildman–Crippen MR) is 73.9 cm³/mol. The molecule has 0 radical (unpaired) electrons. The Morgan fingerprint density at radius 3 is 2.30 bits per heavy atom. The maximum absolute atomic E-state index is 12.1. The molecule has 0 aromatic heterocycles. The van der Waals surface area contributed by atoms with Crippen molar-refractivity contribution >= 4 is 5.69 Å². The van der Waals surface area contributed by atoms with Gasteiger partial charge < -0.3 is 15.6 Å². The summed E-state index contributed by atoms with van der Waals surface area (Å²) in [6.45, 7) is 0. The number of nitro benzene ring substituents is 1. The summed E-state index contributed by atoms with van der Waals surface area (Å²) in [6.07, 6.45) is -4.81. The smallest absolute Gasteiger partial charge is 0.508 e. The van der Waals surface area contributed by atoms with E-state index in [0.29, 0.717) is 5.56 Å². The van der Waals surface area contributed by atoms with E-state index >= 15 is 0 Å². The van der Waals surface area contributed by atoms with Crippen LogP contribution in [0.5, 0.6) is 11.5 Å². The maximum atomic E-state index is 12.1. The number of alkyl halides is 3. The van der Waals surface area contributed by atoms with Gasteiger partial charge in [0.1, 0.15) is 11.5 Å². The first-order valence-corrected chi connectivity index (χ1v) is 6.26. The highest BCUT2D eigenvalue weighted by Crippen LogP contribution is 2.32. The Morgan fingerprint density at radius 2 is 1.78 bits per heavy atom. The Labute approximate surface area is 128 Å². The number of hydrogen-bond acceptors (Lipinski definition) is 5. The van der Waals surface area contributed by atoms with Gasteiger partial charge in [-0.2, -0.15) is 0 Å². The molecule has 0 bridgehead atoms. The van der Waals surface area contributed by atoms with Crippen LogP contribution in [0.3, 0.4) is 0 Å². The molecule has 0 unspecified atom stereocenters. The van der Waals surface area contributed by atoms with Gasteiger partial charge in [0.2, 0.25) is 0 Å². The van der Waals surface area contributed by atoms with Gasteiger partial charge in [0.15, 0.2) is 0 Å². The first kappa shape index (κ1) is 16.6. The van der Waals surface area contributed by atoms with Gasteiger partial charge in [-0.05, 0) is 29.8 Å². The van der Waals surface area contributed by atoms with Crippen LogP contribution in [0.2, 0.25) is 0 Å². The Balaban J connectivity index is 2.32. The Morgan fingerprint density at radius 1 is 1.17 bits per heavy atom. The first-order chi connectivity index (χ1) is 10.7. The normalized spacial score (nSPS) is 12.7. The number of benzene rings is 2. The number of nitro groups is 1. The number of ether oxygens (including phenoxy) is 1. The van der Waals surface area contributed by atoms with Crippen molar-refractivity contribution in [3.8, 4) is 11.5 Å². The molecule has 0 aliphatic rings. The van der Waals surface area contributed by atoms with Crippen molar-refractivity contribution in [2.45, 2.75) is 12.4 Å². The number of nitrogens with two attached hydrogens (primary N) is 1. The van der Waals surface area contributed by atoms with Crippen LogP contribution in [0.15, 0.2) is 42.5 Å². The van der Waals surface area contributed by atoms with Gasteiger partial charge >= 0.3 is 6.36 Å². The number of rotatable bonds is 4. The SMILES string of the molecule is N[C@@H](c1ccc(OC(F)(F)F)cc1)c1cc(O)ccc1[N+](=O)[O-]. The van der Waals surface area contributed by atoms with Crippen molar-refractivity contribution in [2.24, 2.45) is 5.73 Å². The van der Waals surface area contributed by atoms with Crippen LogP contribution in [0.1, 0.15) is 17.2 Å². The Kier molecular flexibility index (Phi) is 4.41. The number of halogens is 3. The Bertz CT molecular complexity index is 717. The van der Waals surface area contributed by atoms with E-state index in [9.17, 15) is 28.4 Å². The van der Waals surface area contributed by atoms with Gasteiger partial charge in [0.05, 0.1) is 16.5 Å². The second-order valence-electron chi connectivity index (χ2n) is 4.59. The molecule has 0 aliphatic heterocycles. The average molecular weight is 328 g/mol. The van der Waals surface area contributed by atoms with E-state index in [2.05, 4.69) is 4.74 Å². The molecule has 0 spiro atoms. The van der Waals surface area contributed by atoms with Gasteiger partial charge in [-0.1, -0.05) is 12.1 Å². The van der Waals surface area contributed by atoms with Crippen LogP contribution in [-0.2, 0) is 0 Å². The number of phenolic OH excluding ortho intramolecular Hbond substituents is 1. The van der Waals surface area contributed by atoms with Gasteiger partial charge in [-0.15, -0.1) is 13.2 Å². The molecule has 1 atom stereocenters. The van der Waals surface area contributed by atoms with Crippen molar-refractivity contribution in [3.63, 3.8) is 0 Å². The minimum atomic E-state index is -4.81. The highest BCUT2D eigenvalue weighted by molar-refractivity contribution is 5.50. The highest BCUT2D eigenvalue weighted by atomic mass is 19.4. The molecule has 2 rings (SSSR count). The number of phenols is 1. The van der Waals surface area contributed by atoms with Crippen molar-refractivity contribution < 1.29 is 27.9 Å². The zero-order valence-corrected chi connectivity index (χ0v) is 11.4.